The number of nitrogens with one attached hydrogen (secondary N) is 1. The van der Waals surface area contributed by atoms with E-state index in [1.807, 2.05) is 7.05 Å². The third-order valence-electron chi connectivity index (χ3n) is 4.64. The number of halogens is 1. The molecule has 0 amide bonds. The van der Waals surface area contributed by atoms with Gasteiger partial charge in [-0.25, -0.2) is 17.1 Å². The summed E-state index contributed by atoms with van der Waals surface area (Å²) >= 11 is 0. The lowest BCUT2D eigenvalue weighted by Gasteiger charge is -2.36. The number of methoxy groups -OCH3 is 1. The number of benzene rings is 2. The van der Waals surface area contributed by atoms with Crippen molar-refractivity contribution < 1.29 is 17.5 Å². The largest absolute Gasteiger partial charge is 0.495 e. The lowest BCUT2D eigenvalue weighted by atomic mass is 10.0. The molecular weight excluding hydrogens is 355 g/mol. The number of sulfonamides is 1. The van der Waals surface area contributed by atoms with Crippen LogP contribution in [0.3, 0.4) is 0 Å². The number of para-hydroxylation sites is 2. The third-order valence-corrected chi connectivity index (χ3v) is 6.79. The maximum atomic E-state index is 13.8. The van der Waals surface area contributed by atoms with Crippen LogP contribution in [-0.4, -0.2) is 34.4 Å². The van der Waals surface area contributed by atoms with Crippen molar-refractivity contribution >= 4 is 21.4 Å². The van der Waals surface area contributed by atoms with Crippen molar-refractivity contribution in [1.82, 2.24) is 5.32 Å². The number of hydrogen-bond donors (Lipinski definition) is 1. The maximum absolute atomic E-state index is 13.8. The highest BCUT2D eigenvalue weighted by atomic mass is 32.2. The maximum Gasteiger partial charge on any atom is 0.242 e. The predicted molar refractivity (Wildman–Crippen MR) is 101 cm³/mol. The van der Waals surface area contributed by atoms with Gasteiger partial charge < -0.3 is 10.1 Å². The summed E-state index contributed by atoms with van der Waals surface area (Å²) in [6.45, 7) is 0.733. The molecule has 0 aromatic heterocycles. The second-order valence-electron chi connectivity index (χ2n) is 6.33. The summed E-state index contributed by atoms with van der Waals surface area (Å²) in [5, 5.41) is 2.43. The quantitative estimate of drug-likeness (QED) is 0.784. The summed E-state index contributed by atoms with van der Waals surface area (Å²) in [5.74, 6) is 0.0965. The Morgan fingerprint density at radius 1 is 1.23 bits per heavy atom. The Morgan fingerprint density at radius 3 is 2.73 bits per heavy atom. The Balaban J connectivity index is 2.13. The van der Waals surface area contributed by atoms with E-state index >= 15 is 0 Å². The molecule has 1 N–H and O–H groups in total. The Hall–Kier alpha value is -2.12. The summed E-state index contributed by atoms with van der Waals surface area (Å²) in [7, 11) is -0.314. The molecule has 0 aliphatic carbocycles. The van der Waals surface area contributed by atoms with Crippen LogP contribution in [0.5, 0.6) is 5.75 Å². The van der Waals surface area contributed by atoms with Gasteiger partial charge in [-0.2, -0.15) is 0 Å². The highest BCUT2D eigenvalue weighted by molar-refractivity contribution is 7.93. The van der Waals surface area contributed by atoms with E-state index in [0.717, 1.165) is 13.0 Å². The van der Waals surface area contributed by atoms with Crippen molar-refractivity contribution in [2.75, 3.05) is 25.0 Å². The summed E-state index contributed by atoms with van der Waals surface area (Å²) in [5.41, 5.74) is 1.63. The van der Waals surface area contributed by atoms with Crippen LogP contribution in [0.1, 0.15) is 18.4 Å². The van der Waals surface area contributed by atoms with Crippen LogP contribution in [0, 0.1) is 5.82 Å². The van der Waals surface area contributed by atoms with Gasteiger partial charge in [0.1, 0.15) is 11.6 Å². The molecule has 1 heterocycles. The van der Waals surface area contributed by atoms with Gasteiger partial charge in [-0.15, -0.1) is 0 Å². The number of nitrogens with zero attached hydrogens (tertiary/aromatic N) is 1. The predicted octanol–water partition coefficient (Wildman–Crippen LogP) is 3.23. The van der Waals surface area contributed by atoms with Crippen molar-refractivity contribution in [3.05, 3.63) is 53.8 Å². The van der Waals surface area contributed by atoms with Gasteiger partial charge in [-0.1, -0.05) is 12.1 Å². The first-order chi connectivity index (χ1) is 12.5. The van der Waals surface area contributed by atoms with E-state index in [0.29, 0.717) is 35.5 Å². The Morgan fingerprint density at radius 2 is 2.00 bits per heavy atom. The van der Waals surface area contributed by atoms with E-state index in [9.17, 15) is 12.8 Å². The van der Waals surface area contributed by atoms with Gasteiger partial charge in [0.15, 0.2) is 0 Å². The molecule has 0 saturated heterocycles. The third kappa shape index (κ3) is 3.41. The Bertz CT molecular complexity index is 886. The first-order valence-corrected chi connectivity index (χ1v) is 10.1. The zero-order chi connectivity index (χ0) is 18.7. The summed E-state index contributed by atoms with van der Waals surface area (Å²) in [6, 6.07) is 11.2. The molecule has 1 aliphatic heterocycles. The molecule has 7 heteroatoms. The van der Waals surface area contributed by atoms with Gasteiger partial charge in [0.25, 0.3) is 0 Å². The van der Waals surface area contributed by atoms with E-state index in [4.69, 9.17) is 4.74 Å². The van der Waals surface area contributed by atoms with Crippen LogP contribution >= 0.6 is 0 Å². The Kier molecular flexibility index (Phi) is 5.48. The summed E-state index contributed by atoms with van der Waals surface area (Å²) in [4.78, 5) is 0. The van der Waals surface area contributed by atoms with Crippen molar-refractivity contribution in [3.8, 4) is 5.75 Å². The zero-order valence-corrected chi connectivity index (χ0v) is 15.7. The van der Waals surface area contributed by atoms with Crippen LogP contribution < -0.4 is 14.4 Å². The fourth-order valence-corrected chi connectivity index (χ4v) is 5.40. The van der Waals surface area contributed by atoms with Crippen molar-refractivity contribution in [2.24, 2.45) is 0 Å². The fourth-order valence-electron chi connectivity index (χ4n) is 3.37. The molecule has 0 unspecified atom stereocenters. The van der Waals surface area contributed by atoms with E-state index in [2.05, 4.69) is 5.32 Å². The second kappa shape index (κ2) is 7.63. The molecule has 0 spiro atoms. The van der Waals surface area contributed by atoms with Gasteiger partial charge in [0.05, 0.1) is 23.7 Å². The van der Waals surface area contributed by atoms with Crippen LogP contribution in [0.25, 0.3) is 0 Å². The fraction of sp³-hybridized carbons (Fsp3) is 0.368. The number of rotatable bonds is 6. The monoisotopic (exact) mass is 378 g/mol. The molecule has 1 aliphatic rings. The van der Waals surface area contributed by atoms with E-state index < -0.39 is 15.3 Å². The van der Waals surface area contributed by atoms with Gasteiger partial charge >= 0.3 is 0 Å². The molecule has 26 heavy (non-hydrogen) atoms. The van der Waals surface area contributed by atoms with Gasteiger partial charge in [0.2, 0.25) is 10.0 Å². The summed E-state index contributed by atoms with van der Waals surface area (Å²) < 4.78 is 47.2. The van der Waals surface area contributed by atoms with Gasteiger partial charge in [-0.05, 0) is 68.8 Å². The molecule has 0 radical (unpaired) electrons. The van der Waals surface area contributed by atoms with Crippen LogP contribution in [0.15, 0.2) is 42.5 Å². The number of anilines is 2. The van der Waals surface area contributed by atoms with E-state index in [-0.39, 0.29) is 5.82 Å². The Labute approximate surface area is 153 Å². The minimum atomic E-state index is -3.65. The first-order valence-electron chi connectivity index (χ1n) is 8.59. The van der Waals surface area contributed by atoms with E-state index in [1.54, 1.807) is 24.3 Å². The standard InChI is InChI=1S/C19H23FN2O3S/c1-21-11-5-6-16-13-14-12-15(20)9-10-17(14)22(26(16,23)24)18-7-3-4-8-19(18)25-2/h3-4,7-10,12,16,21H,5-6,11,13H2,1-2H3/t16-/m1/s1. The second-order valence-corrected chi connectivity index (χ2v) is 8.39. The smallest absolute Gasteiger partial charge is 0.242 e. The molecule has 140 valence electrons. The molecule has 2 aromatic rings. The van der Waals surface area contributed by atoms with Crippen molar-refractivity contribution in [3.63, 3.8) is 0 Å². The highest BCUT2D eigenvalue weighted by Crippen LogP contribution is 2.43. The van der Waals surface area contributed by atoms with Crippen molar-refractivity contribution in [2.45, 2.75) is 24.5 Å². The lowest BCUT2D eigenvalue weighted by molar-refractivity contribution is 0.416. The van der Waals surface area contributed by atoms with E-state index in [1.165, 1.54) is 29.6 Å². The average Bonchev–Trinajstić information content (AvgIpc) is 2.62. The molecule has 0 bridgehead atoms. The van der Waals surface area contributed by atoms with Crippen molar-refractivity contribution in [1.29, 1.82) is 0 Å². The molecule has 1 atom stereocenters. The number of ether oxygens (including phenoxy) is 1. The minimum absolute atomic E-state index is 0.310. The minimum Gasteiger partial charge on any atom is -0.495 e. The topological polar surface area (TPSA) is 58.6 Å². The lowest BCUT2D eigenvalue weighted by Crippen LogP contribution is -2.41. The SMILES string of the molecule is CNCCC[C@@H]1Cc2cc(F)ccc2N(c2ccccc2OC)S1(=O)=O. The van der Waals surface area contributed by atoms with Crippen LogP contribution in [-0.2, 0) is 16.4 Å². The molecule has 5 nitrogen and oxygen atoms in total. The molecule has 0 fully saturated rings. The first kappa shape index (κ1) is 18.7. The average molecular weight is 378 g/mol. The highest BCUT2D eigenvalue weighted by Gasteiger charge is 2.40. The van der Waals surface area contributed by atoms with Gasteiger partial charge in [0, 0.05) is 0 Å². The number of fused-ring (bicyclic) bond motifs is 1. The molecule has 0 saturated carbocycles. The van der Waals surface area contributed by atoms with Gasteiger partial charge in [-0.3, -0.25) is 0 Å². The molecule has 2 aromatic carbocycles. The molecular formula is C19H23FN2O3S. The zero-order valence-electron chi connectivity index (χ0n) is 14.9. The van der Waals surface area contributed by atoms with Crippen LogP contribution in [0.2, 0.25) is 0 Å². The van der Waals surface area contributed by atoms with Crippen LogP contribution in [0.4, 0.5) is 15.8 Å². The molecule has 3 rings (SSSR count). The number of hydrogen-bond acceptors (Lipinski definition) is 4. The summed E-state index contributed by atoms with van der Waals surface area (Å²) in [6.07, 6.45) is 1.54. The normalized spacial score (nSPS) is 18.4.